The van der Waals surface area contributed by atoms with E-state index in [4.69, 9.17) is 9.47 Å². The van der Waals surface area contributed by atoms with Gasteiger partial charge in [0.15, 0.2) is 0 Å². The van der Waals surface area contributed by atoms with E-state index in [1.54, 1.807) is 44.6 Å². The Bertz CT molecular complexity index is 954. The molecule has 0 amide bonds. The Balaban J connectivity index is 2.08. The van der Waals surface area contributed by atoms with Gasteiger partial charge in [0.05, 0.1) is 30.1 Å². The minimum Gasteiger partial charge on any atom is -0.497 e. The zero-order chi connectivity index (χ0) is 18.7. The van der Waals surface area contributed by atoms with Crippen LogP contribution < -0.4 is 9.47 Å². The second-order valence-electron chi connectivity index (χ2n) is 5.55. The molecule has 1 heterocycles. The topological polar surface area (TPSA) is 79.6 Å². The number of thioether (sulfide) groups is 1. The molecule has 2 aromatic rings. The second kappa shape index (κ2) is 7.58. The highest BCUT2D eigenvalue weighted by Crippen LogP contribution is 2.45. The Kier molecular flexibility index (Phi) is 5.41. The molecule has 1 atom stereocenters. The molecule has 8 heteroatoms. The molecule has 6 nitrogen and oxygen atoms in total. The van der Waals surface area contributed by atoms with Crippen LogP contribution in [0.5, 0.6) is 11.5 Å². The van der Waals surface area contributed by atoms with Crippen molar-refractivity contribution in [2.24, 2.45) is 0 Å². The van der Waals surface area contributed by atoms with Crippen LogP contribution in [0.25, 0.3) is 0 Å². The summed E-state index contributed by atoms with van der Waals surface area (Å²) in [5.74, 6) is 1.88. The predicted molar refractivity (Wildman–Crippen MR) is 99.8 cm³/mol. The largest absolute Gasteiger partial charge is 0.497 e. The molecule has 0 saturated carbocycles. The van der Waals surface area contributed by atoms with Crippen molar-refractivity contribution in [3.8, 4) is 17.6 Å². The Hall–Kier alpha value is -2.21. The van der Waals surface area contributed by atoms with E-state index in [0.717, 1.165) is 5.56 Å². The summed E-state index contributed by atoms with van der Waals surface area (Å²) < 4.78 is 38.6. The van der Waals surface area contributed by atoms with Crippen LogP contribution in [-0.4, -0.2) is 39.2 Å². The van der Waals surface area contributed by atoms with Crippen LogP contribution in [0.2, 0.25) is 0 Å². The lowest BCUT2D eigenvalue weighted by Gasteiger charge is -2.25. The lowest BCUT2D eigenvalue weighted by Crippen LogP contribution is -2.31. The van der Waals surface area contributed by atoms with Crippen molar-refractivity contribution in [3.05, 3.63) is 53.6 Å². The van der Waals surface area contributed by atoms with Gasteiger partial charge in [0.2, 0.25) is 10.0 Å². The Morgan fingerprint density at radius 2 is 1.96 bits per heavy atom. The minimum absolute atomic E-state index is 0.0249. The highest BCUT2D eigenvalue weighted by atomic mass is 32.2. The molecule has 1 unspecified atom stereocenters. The number of sulfonamides is 1. The number of ether oxygens (including phenoxy) is 2. The van der Waals surface area contributed by atoms with Gasteiger partial charge in [-0.2, -0.15) is 9.57 Å². The maximum atomic E-state index is 13.2. The van der Waals surface area contributed by atoms with Crippen molar-refractivity contribution >= 4 is 21.8 Å². The Morgan fingerprint density at radius 1 is 1.19 bits per heavy atom. The van der Waals surface area contributed by atoms with Gasteiger partial charge in [0.1, 0.15) is 17.6 Å². The molecule has 1 fully saturated rings. The number of nitrogens with zero attached hydrogens (tertiary/aromatic N) is 2. The number of hydrogen-bond acceptors (Lipinski definition) is 6. The molecule has 0 bridgehead atoms. The van der Waals surface area contributed by atoms with E-state index >= 15 is 0 Å². The Labute approximate surface area is 157 Å². The maximum absolute atomic E-state index is 13.2. The molecule has 3 rings (SSSR count). The normalized spacial score (nSPS) is 17.7. The molecule has 26 heavy (non-hydrogen) atoms. The minimum atomic E-state index is -3.83. The fourth-order valence-electron chi connectivity index (χ4n) is 2.89. The fraction of sp³-hybridized carbons (Fsp3) is 0.278. The standard InChI is InChI=1S/C18H18N2O4S2/c1-23-14-7-8-16(24-2)15(11-14)18-20(9-10-25-18)26(21,22)17-6-4-3-5-13(17)12-19/h3-8,11,18H,9-10H2,1-2H3. The van der Waals surface area contributed by atoms with E-state index in [1.807, 2.05) is 6.07 Å². The van der Waals surface area contributed by atoms with Gasteiger partial charge in [-0.15, -0.1) is 11.8 Å². The third kappa shape index (κ3) is 3.26. The zero-order valence-electron chi connectivity index (χ0n) is 14.4. The lowest BCUT2D eigenvalue weighted by molar-refractivity contribution is 0.382. The average molecular weight is 390 g/mol. The summed E-state index contributed by atoms with van der Waals surface area (Å²) in [6.45, 7) is 0.359. The quantitative estimate of drug-likeness (QED) is 0.781. The van der Waals surface area contributed by atoms with E-state index in [0.29, 0.717) is 23.8 Å². The van der Waals surface area contributed by atoms with Crippen LogP contribution in [-0.2, 0) is 10.0 Å². The van der Waals surface area contributed by atoms with Crippen molar-refractivity contribution in [3.63, 3.8) is 0 Å². The van der Waals surface area contributed by atoms with E-state index in [1.165, 1.54) is 28.2 Å². The average Bonchev–Trinajstić information content (AvgIpc) is 3.18. The number of benzene rings is 2. The molecule has 2 aromatic carbocycles. The Morgan fingerprint density at radius 3 is 2.65 bits per heavy atom. The summed E-state index contributed by atoms with van der Waals surface area (Å²) in [5.41, 5.74) is 0.869. The molecule has 0 aromatic heterocycles. The van der Waals surface area contributed by atoms with Crippen LogP contribution in [0, 0.1) is 11.3 Å². The van der Waals surface area contributed by atoms with E-state index < -0.39 is 15.4 Å². The molecule has 0 aliphatic carbocycles. The van der Waals surface area contributed by atoms with Gasteiger partial charge < -0.3 is 9.47 Å². The number of hydrogen-bond donors (Lipinski definition) is 0. The van der Waals surface area contributed by atoms with Crippen LogP contribution in [0.4, 0.5) is 0 Å². The van der Waals surface area contributed by atoms with Gasteiger partial charge in [-0.25, -0.2) is 8.42 Å². The maximum Gasteiger partial charge on any atom is 0.245 e. The van der Waals surface area contributed by atoms with Gasteiger partial charge >= 0.3 is 0 Å². The first kappa shape index (κ1) is 18.6. The highest BCUT2D eigenvalue weighted by molar-refractivity contribution is 8.01. The third-order valence-corrected chi connectivity index (χ3v) is 7.44. The van der Waals surface area contributed by atoms with E-state index in [-0.39, 0.29) is 10.5 Å². The van der Waals surface area contributed by atoms with Crippen LogP contribution in [0.3, 0.4) is 0 Å². The van der Waals surface area contributed by atoms with Crippen molar-refractivity contribution < 1.29 is 17.9 Å². The lowest BCUT2D eigenvalue weighted by atomic mass is 10.2. The molecular formula is C18H18N2O4S2. The van der Waals surface area contributed by atoms with Gasteiger partial charge in [-0.05, 0) is 30.3 Å². The molecule has 0 radical (unpaired) electrons. The molecule has 136 valence electrons. The number of methoxy groups -OCH3 is 2. The molecular weight excluding hydrogens is 372 g/mol. The van der Waals surface area contributed by atoms with Crippen molar-refractivity contribution in [2.75, 3.05) is 26.5 Å². The van der Waals surface area contributed by atoms with Crippen LogP contribution in [0.1, 0.15) is 16.5 Å². The molecule has 1 saturated heterocycles. The van der Waals surface area contributed by atoms with Crippen LogP contribution >= 0.6 is 11.8 Å². The van der Waals surface area contributed by atoms with Crippen molar-refractivity contribution in [1.29, 1.82) is 5.26 Å². The summed E-state index contributed by atoms with van der Waals surface area (Å²) in [5, 5.41) is 8.84. The molecule has 1 aliphatic heterocycles. The summed E-state index contributed by atoms with van der Waals surface area (Å²) in [6, 6.07) is 13.5. The van der Waals surface area contributed by atoms with Crippen molar-refractivity contribution in [1.82, 2.24) is 4.31 Å². The fourth-order valence-corrected chi connectivity index (χ4v) is 6.28. The van der Waals surface area contributed by atoms with Gasteiger partial charge in [-0.1, -0.05) is 12.1 Å². The van der Waals surface area contributed by atoms with E-state index in [2.05, 4.69) is 0 Å². The summed E-state index contributed by atoms with van der Waals surface area (Å²) in [7, 11) is -0.719. The first-order valence-corrected chi connectivity index (χ1v) is 10.4. The molecule has 0 N–H and O–H groups in total. The van der Waals surface area contributed by atoms with Gasteiger partial charge in [-0.3, -0.25) is 0 Å². The van der Waals surface area contributed by atoms with Gasteiger partial charge in [0.25, 0.3) is 0 Å². The summed E-state index contributed by atoms with van der Waals surface area (Å²) in [4.78, 5) is 0.0249. The van der Waals surface area contributed by atoms with Crippen molar-refractivity contribution in [2.45, 2.75) is 10.3 Å². The smallest absolute Gasteiger partial charge is 0.245 e. The zero-order valence-corrected chi connectivity index (χ0v) is 16.0. The summed E-state index contributed by atoms with van der Waals surface area (Å²) in [6.07, 6.45) is 0. The first-order chi connectivity index (χ1) is 12.5. The highest BCUT2D eigenvalue weighted by Gasteiger charge is 2.39. The SMILES string of the molecule is COc1ccc(OC)c(C2SCCN2S(=O)(=O)c2ccccc2C#N)c1. The number of nitriles is 1. The monoisotopic (exact) mass is 390 g/mol. The van der Waals surface area contributed by atoms with Crippen LogP contribution in [0.15, 0.2) is 47.4 Å². The second-order valence-corrected chi connectivity index (χ2v) is 8.60. The predicted octanol–water partition coefficient (Wildman–Crippen LogP) is 3.01. The third-order valence-electron chi connectivity index (χ3n) is 4.15. The number of rotatable bonds is 5. The van der Waals surface area contributed by atoms with Gasteiger partial charge in [0, 0.05) is 17.9 Å². The molecule has 1 aliphatic rings. The first-order valence-electron chi connectivity index (χ1n) is 7.87. The molecule has 0 spiro atoms. The summed E-state index contributed by atoms with van der Waals surface area (Å²) >= 11 is 1.52. The van der Waals surface area contributed by atoms with E-state index in [9.17, 15) is 13.7 Å².